The summed E-state index contributed by atoms with van der Waals surface area (Å²) in [4.78, 5) is 12.1. The second-order valence-corrected chi connectivity index (χ2v) is 9.84. The Balaban J connectivity index is 1.55. The van der Waals surface area contributed by atoms with Gasteiger partial charge in [0.05, 0.1) is 11.5 Å². The number of hydroxylamine groups is 1. The van der Waals surface area contributed by atoms with Crippen LogP contribution in [0.15, 0.2) is 71.6 Å². The molecule has 1 heterocycles. The number of methoxy groups -OCH3 is 1. The van der Waals surface area contributed by atoms with E-state index in [9.17, 15) is 22.8 Å². The lowest BCUT2D eigenvalue weighted by atomic mass is 9.94. The van der Waals surface area contributed by atoms with E-state index in [1.54, 1.807) is 61.1 Å². The molecule has 0 radical (unpaired) electrons. The number of fused-ring (bicyclic) bond motifs is 1. The van der Waals surface area contributed by atoms with Gasteiger partial charge in [0.15, 0.2) is 11.6 Å². The number of amides is 1. The second kappa shape index (κ2) is 11.0. The van der Waals surface area contributed by atoms with E-state index in [-0.39, 0.29) is 17.2 Å². The fourth-order valence-electron chi connectivity index (χ4n) is 3.97. The molecule has 0 spiro atoms. The number of halogens is 1. The Morgan fingerprint density at radius 3 is 2.50 bits per heavy atom. The standard InChI is InChI=1S/C25H25FN2O7S/c1-33-14-15-34-18-6-8-19(9-7-18)35-23-11-10-20(16-22(23)26)36(31,32)28-13-12-17-4-2-3-5-21(17)24(28)25(29)27-30/h2-11,16,24,30H,12-15H2,1H3,(H,27,29). The Morgan fingerprint density at radius 2 is 1.81 bits per heavy atom. The van der Waals surface area contributed by atoms with Gasteiger partial charge in [-0.1, -0.05) is 24.3 Å². The van der Waals surface area contributed by atoms with Crippen LogP contribution in [0.25, 0.3) is 0 Å². The lowest BCUT2D eigenvalue weighted by molar-refractivity contribution is -0.133. The van der Waals surface area contributed by atoms with Gasteiger partial charge in [0, 0.05) is 13.7 Å². The van der Waals surface area contributed by atoms with Crippen LogP contribution >= 0.6 is 0 Å². The lowest BCUT2D eigenvalue weighted by Crippen LogP contribution is -2.46. The maximum atomic E-state index is 14.9. The van der Waals surface area contributed by atoms with Gasteiger partial charge in [0.1, 0.15) is 24.1 Å². The number of carbonyl (C=O) groups is 1. The fourth-order valence-corrected chi connectivity index (χ4v) is 5.55. The average molecular weight is 517 g/mol. The van der Waals surface area contributed by atoms with Gasteiger partial charge in [-0.3, -0.25) is 10.0 Å². The fraction of sp³-hybridized carbons (Fsp3) is 0.240. The molecule has 11 heteroatoms. The molecule has 1 unspecified atom stereocenters. The summed E-state index contributed by atoms with van der Waals surface area (Å²) in [7, 11) is -2.73. The molecule has 0 saturated heterocycles. The largest absolute Gasteiger partial charge is 0.491 e. The first-order valence-corrected chi connectivity index (χ1v) is 12.5. The number of benzene rings is 3. The molecule has 1 aliphatic heterocycles. The van der Waals surface area contributed by atoms with Crippen molar-refractivity contribution in [3.05, 3.63) is 83.7 Å². The van der Waals surface area contributed by atoms with Crippen molar-refractivity contribution in [2.24, 2.45) is 0 Å². The van der Waals surface area contributed by atoms with Gasteiger partial charge in [-0.2, -0.15) is 4.31 Å². The van der Waals surface area contributed by atoms with E-state index in [0.717, 1.165) is 15.9 Å². The first kappa shape index (κ1) is 25.6. The van der Waals surface area contributed by atoms with Crippen LogP contribution < -0.4 is 15.0 Å². The van der Waals surface area contributed by atoms with E-state index < -0.39 is 27.8 Å². The third-order valence-electron chi connectivity index (χ3n) is 5.72. The molecule has 0 bridgehead atoms. The van der Waals surface area contributed by atoms with Crippen LogP contribution in [-0.2, 0) is 26.0 Å². The third kappa shape index (κ3) is 5.34. The first-order chi connectivity index (χ1) is 17.3. The number of rotatable bonds is 9. The molecule has 0 aliphatic carbocycles. The van der Waals surface area contributed by atoms with Crippen molar-refractivity contribution in [1.29, 1.82) is 0 Å². The number of sulfonamides is 1. The van der Waals surface area contributed by atoms with Gasteiger partial charge in [0.2, 0.25) is 10.0 Å². The van der Waals surface area contributed by atoms with Gasteiger partial charge >= 0.3 is 0 Å². The van der Waals surface area contributed by atoms with Crippen LogP contribution in [-0.4, -0.2) is 50.7 Å². The van der Waals surface area contributed by atoms with Gasteiger partial charge in [-0.15, -0.1) is 0 Å². The van der Waals surface area contributed by atoms with Crippen LogP contribution in [0.4, 0.5) is 4.39 Å². The van der Waals surface area contributed by atoms with E-state index in [1.165, 1.54) is 12.1 Å². The molecule has 1 amide bonds. The molecule has 1 aliphatic rings. The highest BCUT2D eigenvalue weighted by Crippen LogP contribution is 2.36. The molecule has 9 nitrogen and oxygen atoms in total. The van der Waals surface area contributed by atoms with Crippen LogP contribution in [0, 0.1) is 5.82 Å². The van der Waals surface area contributed by atoms with Crippen LogP contribution in [0.3, 0.4) is 0 Å². The van der Waals surface area contributed by atoms with E-state index in [2.05, 4.69) is 0 Å². The van der Waals surface area contributed by atoms with Crippen molar-refractivity contribution in [2.75, 3.05) is 26.9 Å². The molecule has 0 fully saturated rings. The quantitative estimate of drug-likeness (QED) is 0.254. The molecule has 1 atom stereocenters. The summed E-state index contributed by atoms with van der Waals surface area (Å²) in [6.45, 7) is 0.800. The van der Waals surface area contributed by atoms with Crippen molar-refractivity contribution < 1.29 is 37.0 Å². The highest BCUT2D eigenvalue weighted by Gasteiger charge is 2.40. The van der Waals surface area contributed by atoms with E-state index in [1.807, 2.05) is 0 Å². The van der Waals surface area contributed by atoms with Gasteiger partial charge < -0.3 is 14.2 Å². The predicted octanol–water partition coefficient (Wildman–Crippen LogP) is 3.44. The number of ether oxygens (including phenoxy) is 3. The molecule has 36 heavy (non-hydrogen) atoms. The zero-order valence-electron chi connectivity index (χ0n) is 19.4. The Bertz CT molecular complexity index is 1330. The molecule has 0 saturated carbocycles. The van der Waals surface area contributed by atoms with Crippen LogP contribution in [0.2, 0.25) is 0 Å². The zero-order valence-corrected chi connectivity index (χ0v) is 20.2. The topological polar surface area (TPSA) is 114 Å². The molecular formula is C25H25FN2O7S. The minimum atomic E-state index is -4.30. The number of hydrogen-bond acceptors (Lipinski definition) is 7. The lowest BCUT2D eigenvalue weighted by Gasteiger charge is -2.34. The number of nitrogens with zero attached hydrogens (tertiary/aromatic N) is 1. The Kier molecular flexibility index (Phi) is 7.85. The van der Waals surface area contributed by atoms with Crippen molar-refractivity contribution in [3.63, 3.8) is 0 Å². The molecule has 4 rings (SSSR count). The minimum absolute atomic E-state index is 0.0178. The summed E-state index contributed by atoms with van der Waals surface area (Å²) < 4.78 is 58.7. The normalized spacial score (nSPS) is 15.7. The van der Waals surface area contributed by atoms with Crippen molar-refractivity contribution in [1.82, 2.24) is 9.79 Å². The second-order valence-electron chi connectivity index (χ2n) is 7.95. The average Bonchev–Trinajstić information content (AvgIpc) is 2.89. The summed E-state index contributed by atoms with van der Waals surface area (Å²) in [5.74, 6) is -1.05. The summed E-state index contributed by atoms with van der Waals surface area (Å²) in [6, 6.07) is 15.4. The van der Waals surface area contributed by atoms with E-state index >= 15 is 0 Å². The summed E-state index contributed by atoms with van der Waals surface area (Å²) in [5, 5.41) is 9.25. The van der Waals surface area contributed by atoms with Crippen molar-refractivity contribution in [3.8, 4) is 17.2 Å². The van der Waals surface area contributed by atoms with Crippen molar-refractivity contribution >= 4 is 15.9 Å². The molecule has 190 valence electrons. The SMILES string of the molecule is COCCOc1ccc(Oc2ccc(S(=O)(=O)N3CCc4ccccc4C3C(=O)NO)cc2F)cc1. The molecule has 3 aromatic rings. The smallest absolute Gasteiger partial charge is 0.266 e. The van der Waals surface area contributed by atoms with Crippen molar-refractivity contribution in [2.45, 2.75) is 17.4 Å². The zero-order chi connectivity index (χ0) is 25.7. The van der Waals surface area contributed by atoms with E-state index in [4.69, 9.17) is 14.2 Å². The summed E-state index contributed by atoms with van der Waals surface area (Å²) >= 11 is 0. The van der Waals surface area contributed by atoms with Gasteiger partial charge in [0.25, 0.3) is 5.91 Å². The summed E-state index contributed by atoms with van der Waals surface area (Å²) in [6.07, 6.45) is 0.361. The molecule has 0 aromatic heterocycles. The van der Waals surface area contributed by atoms with E-state index in [0.29, 0.717) is 36.7 Å². The highest BCUT2D eigenvalue weighted by atomic mass is 32.2. The predicted molar refractivity (Wildman–Crippen MR) is 127 cm³/mol. The Hall–Kier alpha value is -3.51. The number of carbonyl (C=O) groups excluding carboxylic acids is 1. The Labute approximate surface area is 208 Å². The highest BCUT2D eigenvalue weighted by molar-refractivity contribution is 7.89. The number of hydrogen-bond donors (Lipinski definition) is 2. The monoisotopic (exact) mass is 516 g/mol. The molecule has 3 aromatic carbocycles. The van der Waals surface area contributed by atoms with Gasteiger partial charge in [-0.05, 0) is 60.0 Å². The molecular weight excluding hydrogens is 491 g/mol. The van der Waals surface area contributed by atoms with Crippen LogP contribution in [0.5, 0.6) is 17.2 Å². The minimum Gasteiger partial charge on any atom is -0.491 e. The van der Waals surface area contributed by atoms with Gasteiger partial charge in [-0.25, -0.2) is 18.3 Å². The van der Waals surface area contributed by atoms with Crippen LogP contribution in [0.1, 0.15) is 17.2 Å². The Morgan fingerprint density at radius 1 is 1.08 bits per heavy atom. The molecule has 2 N–H and O–H groups in total. The first-order valence-electron chi connectivity index (χ1n) is 11.1. The third-order valence-corrected chi connectivity index (χ3v) is 7.58. The maximum absolute atomic E-state index is 14.9. The maximum Gasteiger partial charge on any atom is 0.266 e. The summed E-state index contributed by atoms with van der Waals surface area (Å²) in [5.41, 5.74) is 2.79. The number of nitrogens with one attached hydrogen (secondary N) is 1.